The van der Waals surface area contributed by atoms with Crippen LogP contribution in [0.3, 0.4) is 0 Å². The van der Waals surface area contributed by atoms with E-state index in [1.54, 1.807) is 17.7 Å². The number of nitrogens with zero attached hydrogens (tertiary/aromatic N) is 2. The molecule has 0 bridgehead atoms. The second-order valence-electron chi connectivity index (χ2n) is 4.74. The number of anilines is 1. The second kappa shape index (κ2) is 6.82. The van der Waals surface area contributed by atoms with Crippen molar-refractivity contribution in [1.82, 2.24) is 9.97 Å². The van der Waals surface area contributed by atoms with Crippen molar-refractivity contribution in [2.24, 2.45) is 11.7 Å². The molecule has 2 aromatic rings. The van der Waals surface area contributed by atoms with E-state index in [4.69, 9.17) is 5.73 Å². The molecule has 2 aromatic heterocycles. The van der Waals surface area contributed by atoms with E-state index < -0.39 is 0 Å². The van der Waals surface area contributed by atoms with E-state index in [2.05, 4.69) is 35.2 Å². The summed E-state index contributed by atoms with van der Waals surface area (Å²) in [5.74, 6) is 1.57. The van der Waals surface area contributed by atoms with Gasteiger partial charge in [-0.25, -0.2) is 9.97 Å². The first kappa shape index (κ1) is 14.2. The topological polar surface area (TPSA) is 63.8 Å². The fourth-order valence-corrected chi connectivity index (χ4v) is 3.08. The molecule has 0 radical (unpaired) electrons. The molecule has 104 valence electrons. The van der Waals surface area contributed by atoms with Gasteiger partial charge in [-0.2, -0.15) is 0 Å². The molecule has 1 atom stereocenters. The van der Waals surface area contributed by atoms with Crippen molar-refractivity contribution in [3.8, 4) is 0 Å². The van der Waals surface area contributed by atoms with Gasteiger partial charge in [-0.05, 0) is 31.4 Å². The largest absolute Gasteiger partial charge is 0.369 e. The third-order valence-electron chi connectivity index (χ3n) is 3.44. The molecule has 19 heavy (non-hydrogen) atoms. The first-order valence-corrected chi connectivity index (χ1v) is 7.77. The van der Waals surface area contributed by atoms with Crippen LogP contribution in [-0.2, 0) is 6.42 Å². The minimum atomic E-state index is 0.610. The van der Waals surface area contributed by atoms with Crippen molar-refractivity contribution >= 4 is 27.4 Å². The number of rotatable bonds is 7. The number of hydrogen-bond acceptors (Lipinski definition) is 5. The summed E-state index contributed by atoms with van der Waals surface area (Å²) in [4.78, 5) is 11.1. The van der Waals surface area contributed by atoms with E-state index >= 15 is 0 Å². The fourth-order valence-electron chi connectivity index (χ4n) is 2.15. The van der Waals surface area contributed by atoms with Crippen molar-refractivity contribution in [3.63, 3.8) is 0 Å². The Labute approximate surface area is 118 Å². The third kappa shape index (κ3) is 3.42. The molecule has 0 aliphatic carbocycles. The van der Waals surface area contributed by atoms with Crippen LogP contribution in [0.1, 0.15) is 31.6 Å². The third-order valence-corrected chi connectivity index (χ3v) is 4.63. The van der Waals surface area contributed by atoms with Gasteiger partial charge in [0.1, 0.15) is 17.0 Å². The van der Waals surface area contributed by atoms with Crippen molar-refractivity contribution in [2.45, 2.75) is 33.1 Å². The highest BCUT2D eigenvalue weighted by Crippen LogP contribution is 2.28. The van der Waals surface area contributed by atoms with Gasteiger partial charge in [0.15, 0.2) is 0 Å². The van der Waals surface area contributed by atoms with Crippen LogP contribution in [0, 0.1) is 5.92 Å². The maximum atomic E-state index is 5.63. The minimum Gasteiger partial charge on any atom is -0.369 e. The van der Waals surface area contributed by atoms with Gasteiger partial charge in [-0.15, -0.1) is 11.3 Å². The Balaban J connectivity index is 2.13. The number of aromatic nitrogens is 2. The average Bonchev–Trinajstić information content (AvgIpc) is 2.87. The molecule has 0 saturated heterocycles. The summed E-state index contributed by atoms with van der Waals surface area (Å²) in [5.41, 5.74) is 5.63. The van der Waals surface area contributed by atoms with Crippen molar-refractivity contribution in [1.29, 1.82) is 0 Å². The van der Waals surface area contributed by atoms with E-state index in [9.17, 15) is 0 Å². The number of hydrogen-bond donors (Lipinski definition) is 2. The standard InChI is InChI=1S/C14H22N4S/c1-3-10(5-6-15)8-16-13-12-7-11(4-2)19-14(12)18-9-17-13/h7,9-10H,3-6,8,15H2,1-2H3,(H,16,17,18). The Bertz CT molecular complexity index is 523. The molecule has 3 N–H and O–H groups in total. The van der Waals surface area contributed by atoms with Crippen molar-refractivity contribution < 1.29 is 0 Å². The van der Waals surface area contributed by atoms with Gasteiger partial charge in [0.2, 0.25) is 0 Å². The highest BCUT2D eigenvalue weighted by Gasteiger charge is 2.10. The lowest BCUT2D eigenvalue weighted by Crippen LogP contribution is -2.18. The molecular weight excluding hydrogens is 256 g/mol. The van der Waals surface area contributed by atoms with Gasteiger partial charge in [-0.1, -0.05) is 20.3 Å². The number of fused-ring (bicyclic) bond motifs is 1. The lowest BCUT2D eigenvalue weighted by Gasteiger charge is -2.15. The smallest absolute Gasteiger partial charge is 0.138 e. The number of nitrogens with two attached hydrogens (primary N) is 1. The van der Waals surface area contributed by atoms with E-state index in [1.807, 2.05) is 0 Å². The van der Waals surface area contributed by atoms with E-state index in [1.165, 1.54) is 4.88 Å². The minimum absolute atomic E-state index is 0.610. The molecule has 5 heteroatoms. The lowest BCUT2D eigenvalue weighted by atomic mass is 10.0. The van der Waals surface area contributed by atoms with Crippen LogP contribution in [0.2, 0.25) is 0 Å². The molecule has 1 unspecified atom stereocenters. The zero-order chi connectivity index (χ0) is 13.7. The number of nitrogens with one attached hydrogen (secondary N) is 1. The molecule has 0 amide bonds. The molecular formula is C14H22N4S. The van der Waals surface area contributed by atoms with Crippen LogP contribution in [0.25, 0.3) is 10.2 Å². The SMILES string of the molecule is CCc1cc2c(NCC(CC)CCN)ncnc2s1. The lowest BCUT2D eigenvalue weighted by molar-refractivity contribution is 0.501. The number of aryl methyl sites for hydroxylation is 1. The van der Waals surface area contributed by atoms with E-state index in [-0.39, 0.29) is 0 Å². The normalized spacial score (nSPS) is 12.8. The van der Waals surface area contributed by atoms with E-state index in [0.29, 0.717) is 5.92 Å². The zero-order valence-electron chi connectivity index (χ0n) is 11.6. The molecule has 0 fully saturated rings. The Morgan fingerprint density at radius 3 is 2.89 bits per heavy atom. The molecule has 0 saturated carbocycles. The fraction of sp³-hybridized carbons (Fsp3) is 0.571. The summed E-state index contributed by atoms with van der Waals surface area (Å²) in [5, 5.41) is 4.61. The second-order valence-corrected chi connectivity index (χ2v) is 5.86. The molecule has 0 aliphatic rings. The van der Waals surface area contributed by atoms with Crippen LogP contribution >= 0.6 is 11.3 Å². The molecule has 4 nitrogen and oxygen atoms in total. The van der Waals surface area contributed by atoms with Crippen LogP contribution in [0.5, 0.6) is 0 Å². The van der Waals surface area contributed by atoms with Crippen molar-refractivity contribution in [2.75, 3.05) is 18.4 Å². The molecule has 0 spiro atoms. The van der Waals surface area contributed by atoms with Gasteiger partial charge < -0.3 is 11.1 Å². The van der Waals surface area contributed by atoms with Gasteiger partial charge in [0.25, 0.3) is 0 Å². The predicted octanol–water partition coefficient (Wildman–Crippen LogP) is 3.04. The monoisotopic (exact) mass is 278 g/mol. The van der Waals surface area contributed by atoms with Crippen LogP contribution < -0.4 is 11.1 Å². The van der Waals surface area contributed by atoms with Gasteiger partial charge in [-0.3, -0.25) is 0 Å². The summed E-state index contributed by atoms with van der Waals surface area (Å²) >= 11 is 1.75. The average molecular weight is 278 g/mol. The quantitative estimate of drug-likeness (QED) is 0.817. The summed E-state index contributed by atoms with van der Waals surface area (Å²) in [6, 6.07) is 2.20. The maximum Gasteiger partial charge on any atom is 0.138 e. The van der Waals surface area contributed by atoms with Crippen LogP contribution in [0.15, 0.2) is 12.4 Å². The zero-order valence-corrected chi connectivity index (χ0v) is 12.5. The Hall–Kier alpha value is -1.20. The molecule has 2 heterocycles. The van der Waals surface area contributed by atoms with Crippen LogP contribution in [-0.4, -0.2) is 23.1 Å². The molecule has 0 aliphatic heterocycles. The first-order valence-electron chi connectivity index (χ1n) is 6.95. The molecule has 0 aromatic carbocycles. The summed E-state index contributed by atoms with van der Waals surface area (Å²) in [6.07, 6.45) is 4.89. The Morgan fingerprint density at radius 2 is 2.21 bits per heavy atom. The van der Waals surface area contributed by atoms with Crippen molar-refractivity contribution in [3.05, 3.63) is 17.3 Å². The van der Waals surface area contributed by atoms with E-state index in [0.717, 1.165) is 48.4 Å². The summed E-state index contributed by atoms with van der Waals surface area (Å²) in [7, 11) is 0. The Morgan fingerprint density at radius 1 is 1.37 bits per heavy atom. The van der Waals surface area contributed by atoms with Crippen LogP contribution in [0.4, 0.5) is 5.82 Å². The summed E-state index contributed by atoms with van der Waals surface area (Å²) in [6.45, 7) is 6.05. The number of thiophene rings is 1. The summed E-state index contributed by atoms with van der Waals surface area (Å²) < 4.78 is 0. The molecule has 2 rings (SSSR count). The van der Waals surface area contributed by atoms with Gasteiger partial charge >= 0.3 is 0 Å². The van der Waals surface area contributed by atoms with Gasteiger partial charge in [0, 0.05) is 11.4 Å². The Kier molecular flexibility index (Phi) is 5.10. The predicted molar refractivity (Wildman–Crippen MR) is 82.7 cm³/mol. The highest BCUT2D eigenvalue weighted by atomic mass is 32.1. The highest BCUT2D eigenvalue weighted by molar-refractivity contribution is 7.18. The maximum absolute atomic E-state index is 5.63. The van der Waals surface area contributed by atoms with Gasteiger partial charge in [0.05, 0.1) is 5.39 Å². The first-order chi connectivity index (χ1) is 9.28.